The lowest BCUT2D eigenvalue weighted by atomic mass is 9.88. The minimum Gasteiger partial charge on any atom is -0.349 e. The van der Waals surface area contributed by atoms with E-state index in [-0.39, 0.29) is 27.8 Å². The van der Waals surface area contributed by atoms with E-state index in [1.165, 1.54) is 12.1 Å². The summed E-state index contributed by atoms with van der Waals surface area (Å²) < 4.78 is 23.2. The van der Waals surface area contributed by atoms with Gasteiger partial charge < -0.3 is 5.32 Å². The molecule has 0 aliphatic carbocycles. The maximum atomic E-state index is 12.1. The molecule has 5 nitrogen and oxygen atoms in total. The number of nitrogens with one attached hydrogen (secondary N) is 1. The Morgan fingerprint density at radius 2 is 1.90 bits per heavy atom. The van der Waals surface area contributed by atoms with Crippen molar-refractivity contribution in [2.24, 2.45) is 10.6 Å². The minimum absolute atomic E-state index is 0.0587. The number of primary sulfonamides is 1. The van der Waals surface area contributed by atoms with Gasteiger partial charge in [0, 0.05) is 16.1 Å². The SMILES string of the molecule is CC(NC(=O)c1ccc(Br)c(S(N)(=O)=O)c1)C(C)(C)C. The van der Waals surface area contributed by atoms with Crippen LogP contribution in [0.4, 0.5) is 0 Å². The van der Waals surface area contributed by atoms with Crippen LogP contribution in [0.1, 0.15) is 38.1 Å². The molecule has 1 unspecified atom stereocenters. The van der Waals surface area contributed by atoms with E-state index in [0.717, 1.165) is 0 Å². The van der Waals surface area contributed by atoms with Gasteiger partial charge in [0.15, 0.2) is 0 Å². The molecule has 1 rings (SSSR count). The first-order chi connectivity index (χ1) is 8.93. The quantitative estimate of drug-likeness (QED) is 0.863. The minimum atomic E-state index is -3.87. The predicted molar refractivity (Wildman–Crippen MR) is 81.9 cm³/mol. The molecule has 0 fully saturated rings. The third kappa shape index (κ3) is 4.29. The molecule has 0 saturated heterocycles. The van der Waals surface area contributed by atoms with Crippen molar-refractivity contribution in [3.8, 4) is 0 Å². The molecule has 0 aliphatic rings. The number of sulfonamides is 1. The van der Waals surface area contributed by atoms with Gasteiger partial charge in [0.25, 0.3) is 5.91 Å². The summed E-state index contributed by atoms with van der Waals surface area (Å²) in [5, 5.41) is 7.95. The van der Waals surface area contributed by atoms with Gasteiger partial charge >= 0.3 is 0 Å². The van der Waals surface area contributed by atoms with Crippen LogP contribution in [-0.2, 0) is 10.0 Å². The van der Waals surface area contributed by atoms with Crippen LogP contribution < -0.4 is 10.5 Å². The highest BCUT2D eigenvalue weighted by molar-refractivity contribution is 9.10. The van der Waals surface area contributed by atoms with Gasteiger partial charge in [0.05, 0.1) is 4.90 Å². The first kappa shape index (κ1) is 17.1. The first-order valence-corrected chi connectivity index (χ1v) is 8.40. The van der Waals surface area contributed by atoms with Crippen molar-refractivity contribution in [2.45, 2.75) is 38.6 Å². The average Bonchev–Trinajstić information content (AvgIpc) is 2.26. The molecule has 3 N–H and O–H groups in total. The molecule has 0 saturated carbocycles. The fourth-order valence-electron chi connectivity index (χ4n) is 1.36. The molecule has 0 heterocycles. The van der Waals surface area contributed by atoms with Gasteiger partial charge in [-0.15, -0.1) is 0 Å². The summed E-state index contributed by atoms with van der Waals surface area (Å²) >= 11 is 3.11. The molecule has 0 aliphatic heterocycles. The zero-order chi connectivity index (χ0) is 15.7. The molecule has 0 radical (unpaired) electrons. The highest BCUT2D eigenvalue weighted by atomic mass is 79.9. The largest absolute Gasteiger partial charge is 0.349 e. The highest BCUT2D eigenvalue weighted by Crippen LogP contribution is 2.23. The van der Waals surface area contributed by atoms with Crippen LogP contribution in [0.5, 0.6) is 0 Å². The molecular weight excluding hydrogens is 344 g/mol. The monoisotopic (exact) mass is 362 g/mol. The summed E-state index contributed by atoms with van der Waals surface area (Å²) in [6, 6.07) is 4.25. The first-order valence-electron chi connectivity index (χ1n) is 6.06. The second-order valence-electron chi connectivity index (χ2n) is 5.75. The Morgan fingerprint density at radius 3 is 2.35 bits per heavy atom. The van der Waals surface area contributed by atoms with Crippen molar-refractivity contribution in [1.29, 1.82) is 0 Å². The number of benzene rings is 1. The molecule has 1 amide bonds. The normalized spacial score (nSPS) is 13.9. The summed E-state index contributed by atoms with van der Waals surface area (Å²) in [6.07, 6.45) is 0. The van der Waals surface area contributed by atoms with Gasteiger partial charge in [-0.25, -0.2) is 13.6 Å². The van der Waals surface area contributed by atoms with E-state index in [0.29, 0.717) is 4.47 Å². The third-order valence-electron chi connectivity index (χ3n) is 3.15. The van der Waals surface area contributed by atoms with Crippen LogP contribution in [0.3, 0.4) is 0 Å². The maximum Gasteiger partial charge on any atom is 0.251 e. The molecular formula is C13H19BrN2O3S. The van der Waals surface area contributed by atoms with Crippen LogP contribution in [0.25, 0.3) is 0 Å². The Kier molecular flexibility index (Phi) is 4.99. The Hall–Kier alpha value is -0.920. The summed E-state index contributed by atoms with van der Waals surface area (Å²) in [5.74, 6) is -0.329. The van der Waals surface area contributed by atoms with Crippen LogP contribution >= 0.6 is 15.9 Å². The van der Waals surface area contributed by atoms with E-state index in [9.17, 15) is 13.2 Å². The number of amides is 1. The lowest BCUT2D eigenvalue weighted by molar-refractivity contribution is 0.0910. The number of carbonyl (C=O) groups is 1. The fourth-order valence-corrected chi connectivity index (χ4v) is 2.91. The van der Waals surface area contributed by atoms with Gasteiger partial charge in [-0.1, -0.05) is 20.8 Å². The Labute approximate surface area is 128 Å². The van der Waals surface area contributed by atoms with E-state index in [4.69, 9.17) is 5.14 Å². The molecule has 0 bridgehead atoms. The van der Waals surface area contributed by atoms with Gasteiger partial charge in [-0.2, -0.15) is 0 Å². The van der Waals surface area contributed by atoms with E-state index >= 15 is 0 Å². The van der Waals surface area contributed by atoms with E-state index in [1.54, 1.807) is 6.07 Å². The summed E-state index contributed by atoms with van der Waals surface area (Å²) in [5.41, 5.74) is 0.168. The second kappa shape index (κ2) is 5.83. The summed E-state index contributed by atoms with van der Waals surface area (Å²) in [4.78, 5) is 12.0. The Morgan fingerprint density at radius 1 is 1.35 bits per heavy atom. The molecule has 1 aromatic carbocycles. The fraction of sp³-hybridized carbons (Fsp3) is 0.462. The summed E-state index contributed by atoms with van der Waals surface area (Å²) in [6.45, 7) is 7.93. The number of carbonyl (C=O) groups excluding carboxylic acids is 1. The van der Waals surface area contributed by atoms with Crippen LogP contribution in [-0.4, -0.2) is 20.4 Å². The van der Waals surface area contributed by atoms with E-state index in [1.807, 2.05) is 27.7 Å². The highest BCUT2D eigenvalue weighted by Gasteiger charge is 2.23. The molecule has 112 valence electrons. The summed E-state index contributed by atoms with van der Waals surface area (Å²) in [7, 11) is -3.87. The number of rotatable bonds is 3. The number of nitrogens with two attached hydrogens (primary N) is 1. The smallest absolute Gasteiger partial charge is 0.251 e. The maximum absolute atomic E-state index is 12.1. The van der Waals surface area contributed by atoms with Crippen LogP contribution in [0.15, 0.2) is 27.6 Å². The van der Waals surface area contributed by atoms with E-state index in [2.05, 4.69) is 21.2 Å². The van der Waals surface area contributed by atoms with Crippen molar-refractivity contribution in [1.82, 2.24) is 5.32 Å². The lowest BCUT2D eigenvalue weighted by Gasteiger charge is -2.28. The van der Waals surface area contributed by atoms with Crippen molar-refractivity contribution in [3.63, 3.8) is 0 Å². The second-order valence-corrected chi connectivity index (χ2v) is 8.14. The third-order valence-corrected chi connectivity index (χ3v) is 5.05. The predicted octanol–water partition coefficient (Wildman–Crippen LogP) is 2.26. The molecule has 1 atom stereocenters. The van der Waals surface area contributed by atoms with Gasteiger partial charge in [0.1, 0.15) is 0 Å². The molecule has 1 aromatic rings. The van der Waals surface area contributed by atoms with Crippen molar-refractivity contribution in [2.75, 3.05) is 0 Å². The van der Waals surface area contributed by atoms with Gasteiger partial charge in [0.2, 0.25) is 10.0 Å². The van der Waals surface area contributed by atoms with Gasteiger partial charge in [-0.3, -0.25) is 4.79 Å². The van der Waals surface area contributed by atoms with Gasteiger partial charge in [-0.05, 0) is 46.5 Å². The number of hydrogen-bond acceptors (Lipinski definition) is 3. The zero-order valence-electron chi connectivity index (χ0n) is 11.9. The molecule has 0 spiro atoms. The molecule has 7 heteroatoms. The van der Waals surface area contributed by atoms with Crippen LogP contribution in [0.2, 0.25) is 0 Å². The number of halogens is 1. The number of hydrogen-bond donors (Lipinski definition) is 2. The molecule has 0 aromatic heterocycles. The Balaban J connectivity index is 3.08. The van der Waals surface area contributed by atoms with Crippen molar-refractivity contribution < 1.29 is 13.2 Å². The average molecular weight is 363 g/mol. The van der Waals surface area contributed by atoms with E-state index < -0.39 is 10.0 Å². The Bertz CT molecular complexity index is 621. The van der Waals surface area contributed by atoms with Crippen molar-refractivity contribution in [3.05, 3.63) is 28.2 Å². The topological polar surface area (TPSA) is 89.3 Å². The lowest BCUT2D eigenvalue weighted by Crippen LogP contribution is -2.41. The van der Waals surface area contributed by atoms with Crippen molar-refractivity contribution >= 4 is 31.9 Å². The molecule has 20 heavy (non-hydrogen) atoms. The standard InChI is InChI=1S/C13H19BrN2O3S/c1-8(13(2,3)4)16-12(17)9-5-6-10(14)11(7-9)20(15,18)19/h5-8H,1-4H3,(H,16,17)(H2,15,18,19). The zero-order valence-corrected chi connectivity index (χ0v) is 14.3. The van der Waals surface area contributed by atoms with Crippen LogP contribution in [0, 0.1) is 5.41 Å².